The molecule has 0 aliphatic carbocycles. The molecule has 4 heteroatoms. The van der Waals surface area contributed by atoms with Crippen molar-refractivity contribution in [3.63, 3.8) is 0 Å². The molecule has 0 aliphatic heterocycles. The van der Waals surface area contributed by atoms with Gasteiger partial charge in [0, 0.05) is 0 Å². The van der Waals surface area contributed by atoms with E-state index in [1.165, 1.54) is 212 Å². The van der Waals surface area contributed by atoms with Crippen LogP contribution in [-0.2, 0) is 9.47 Å². The van der Waals surface area contributed by atoms with Crippen LogP contribution in [0.1, 0.15) is 311 Å². The number of ether oxygens (including phenoxy) is 2. The third-order valence-electron chi connectivity index (χ3n) is 13.2. The van der Waals surface area contributed by atoms with Gasteiger partial charge in [-0.1, -0.05) is 265 Å². The number of terminal acetylenes is 2. The summed E-state index contributed by atoms with van der Waals surface area (Å²) in [5.41, 5.74) is -1.52. The highest BCUT2D eigenvalue weighted by molar-refractivity contribution is 7.85. The Labute approximate surface area is 389 Å². The number of hydrogen-bond donors (Lipinski definition) is 2. The monoisotopic (exact) mass is 875 g/mol. The minimum atomic E-state index is -1.29. The summed E-state index contributed by atoms with van der Waals surface area (Å²) >= 11 is 10.9. The van der Waals surface area contributed by atoms with E-state index in [1.54, 1.807) is 0 Å². The van der Waals surface area contributed by atoms with Gasteiger partial charge in [0.1, 0.15) is 11.2 Å². The van der Waals surface area contributed by atoms with Gasteiger partial charge < -0.3 is 9.47 Å². The Balaban J connectivity index is 6.43. The van der Waals surface area contributed by atoms with Gasteiger partial charge in [-0.2, -0.15) is 12.6 Å². The molecule has 0 aromatic rings. The molecule has 2 nitrogen and oxygen atoms in total. The van der Waals surface area contributed by atoms with Crippen LogP contribution in [0.15, 0.2) is 0 Å². The number of unbranched alkanes of at least 4 members (excludes halogenated alkanes) is 33. The summed E-state index contributed by atoms with van der Waals surface area (Å²) in [6.07, 6.45) is 65.4. The van der Waals surface area contributed by atoms with Crippen molar-refractivity contribution in [3.8, 4) is 24.7 Å². The van der Waals surface area contributed by atoms with Crippen LogP contribution in [0.2, 0.25) is 0 Å². The van der Waals surface area contributed by atoms with E-state index >= 15 is 0 Å². The maximum Gasteiger partial charge on any atom is 0.230 e. The fourth-order valence-corrected chi connectivity index (χ4v) is 9.76. The second-order valence-electron chi connectivity index (χ2n) is 19.1. The third-order valence-corrected chi connectivity index (χ3v) is 14.5. The molecule has 0 N–H and O–H groups in total. The largest absolute Gasteiger partial charge is 0.321 e. The molecule has 1 atom stereocenters. The summed E-state index contributed by atoms with van der Waals surface area (Å²) in [5, 5.41) is -1.53. The lowest BCUT2D eigenvalue weighted by Crippen LogP contribution is -2.53. The fraction of sp³-hybridized carbons (Fsp3) is 0.929. The first kappa shape index (κ1) is 59.7. The minimum Gasteiger partial charge on any atom is -0.321 e. The van der Waals surface area contributed by atoms with Crippen molar-refractivity contribution >= 4 is 25.3 Å². The van der Waals surface area contributed by atoms with Crippen molar-refractivity contribution in [1.82, 2.24) is 0 Å². The predicted molar refractivity (Wildman–Crippen MR) is 277 cm³/mol. The second-order valence-corrected chi connectivity index (χ2v) is 20.3. The summed E-state index contributed by atoms with van der Waals surface area (Å²) in [6.45, 7) is 11.5. The van der Waals surface area contributed by atoms with Crippen LogP contribution in [0.4, 0.5) is 0 Å². The lowest BCUT2D eigenvalue weighted by molar-refractivity contribution is -0.258. The summed E-state index contributed by atoms with van der Waals surface area (Å²) in [4.78, 5) is 0. The molecule has 0 aromatic carbocycles. The molecule has 1 unspecified atom stereocenters. The molecule has 0 saturated carbocycles. The van der Waals surface area contributed by atoms with Gasteiger partial charge in [-0.15, -0.1) is 25.5 Å². The number of hydrogen-bond acceptors (Lipinski definition) is 4. The third kappa shape index (κ3) is 32.4. The van der Waals surface area contributed by atoms with Gasteiger partial charge in [-0.05, 0) is 57.8 Å². The van der Waals surface area contributed by atoms with E-state index < -0.39 is 16.3 Å². The van der Waals surface area contributed by atoms with Gasteiger partial charge in [0.25, 0.3) is 0 Å². The van der Waals surface area contributed by atoms with Crippen molar-refractivity contribution in [2.24, 2.45) is 0 Å². The van der Waals surface area contributed by atoms with E-state index in [2.05, 4.69) is 46.5 Å². The minimum absolute atomic E-state index is 0.248. The molecule has 0 spiro atoms. The zero-order valence-corrected chi connectivity index (χ0v) is 43.1. The maximum atomic E-state index is 7.41. The first-order valence-corrected chi connectivity index (χ1v) is 28.0. The topological polar surface area (TPSA) is 18.5 Å². The maximum absolute atomic E-state index is 7.41. The SMILES string of the molecule is C#CC(CCCCCCCCCC)(CCCCCCCCCC)OC(S)(OC(C#C)(CCCCCCCCCC)CCCCCCCCCC)C(S)CCCCCCCC. The number of rotatable bonds is 48. The average molecular weight is 876 g/mol. The summed E-state index contributed by atoms with van der Waals surface area (Å²) in [6, 6.07) is 0. The average Bonchev–Trinajstić information content (AvgIpc) is 3.25. The molecule has 0 rings (SSSR count). The predicted octanol–water partition coefficient (Wildman–Crippen LogP) is 19.5. The van der Waals surface area contributed by atoms with Gasteiger partial charge in [-0.3, -0.25) is 0 Å². The van der Waals surface area contributed by atoms with Crippen LogP contribution in [0.3, 0.4) is 0 Å². The molecule has 354 valence electrons. The standard InChI is InChI=1S/C56H106O2S2/c1-8-15-20-25-30-34-39-44-49-54(13-6,50-45-40-35-31-26-21-16-9-2)57-56(60,53(59)48-43-38-29-24-19-12-5)58-55(14-7,51-46-41-36-32-27-22-17-10-3)52-47-42-37-33-28-23-18-11-4/h6-7,53,59-60H,8-12,15-52H2,1-5H3. The van der Waals surface area contributed by atoms with E-state index in [1.807, 2.05) is 0 Å². The van der Waals surface area contributed by atoms with Gasteiger partial charge in [0.2, 0.25) is 5.12 Å². The zero-order valence-electron chi connectivity index (χ0n) is 41.3. The van der Waals surface area contributed by atoms with Crippen molar-refractivity contribution in [2.75, 3.05) is 0 Å². The van der Waals surface area contributed by atoms with Crippen LogP contribution in [-0.4, -0.2) is 21.6 Å². The smallest absolute Gasteiger partial charge is 0.230 e. The molecule has 0 bridgehead atoms. The van der Waals surface area contributed by atoms with Crippen LogP contribution < -0.4 is 0 Å². The quantitative estimate of drug-likeness (QED) is 0.0275. The normalized spacial score (nSPS) is 12.8. The Kier molecular flexibility index (Phi) is 42.5. The Morgan fingerprint density at radius 2 is 0.550 bits per heavy atom. The molecule has 0 radical (unpaired) electrons. The molecular weight excluding hydrogens is 769 g/mol. The van der Waals surface area contributed by atoms with Crippen LogP contribution >= 0.6 is 25.3 Å². The summed E-state index contributed by atoms with van der Waals surface area (Å²) < 4.78 is 14.8. The Hall–Kier alpha value is -0.260. The molecule has 0 aromatic heterocycles. The van der Waals surface area contributed by atoms with Gasteiger partial charge >= 0.3 is 0 Å². The van der Waals surface area contributed by atoms with E-state index in [0.29, 0.717) is 0 Å². The summed E-state index contributed by atoms with van der Waals surface area (Å²) in [7, 11) is 0. The summed E-state index contributed by atoms with van der Waals surface area (Å²) in [5.74, 6) is 6.57. The molecule has 0 saturated heterocycles. The number of thiol groups is 2. The van der Waals surface area contributed by atoms with Gasteiger partial charge in [-0.25, -0.2) is 0 Å². The van der Waals surface area contributed by atoms with E-state index in [4.69, 9.17) is 47.6 Å². The molecule has 0 heterocycles. The Morgan fingerprint density at radius 3 is 0.767 bits per heavy atom. The zero-order chi connectivity index (χ0) is 44.3. The molecule has 0 fully saturated rings. The van der Waals surface area contributed by atoms with Crippen molar-refractivity contribution < 1.29 is 9.47 Å². The van der Waals surface area contributed by atoms with Crippen LogP contribution in [0.5, 0.6) is 0 Å². The highest BCUT2D eigenvalue weighted by Gasteiger charge is 2.48. The Morgan fingerprint density at radius 1 is 0.350 bits per heavy atom. The van der Waals surface area contributed by atoms with E-state index in [9.17, 15) is 0 Å². The van der Waals surface area contributed by atoms with Crippen LogP contribution in [0, 0.1) is 24.7 Å². The highest BCUT2D eigenvalue weighted by atomic mass is 32.1. The van der Waals surface area contributed by atoms with Crippen molar-refractivity contribution in [1.29, 1.82) is 0 Å². The fourth-order valence-electron chi connectivity index (χ4n) is 9.00. The lowest BCUT2D eigenvalue weighted by Gasteiger charge is -2.46. The van der Waals surface area contributed by atoms with Crippen molar-refractivity contribution in [2.45, 2.75) is 332 Å². The molecule has 0 amide bonds. The second kappa shape index (κ2) is 42.7. The van der Waals surface area contributed by atoms with Gasteiger partial charge in [0.05, 0.1) is 5.25 Å². The highest BCUT2D eigenvalue weighted by Crippen LogP contribution is 2.44. The Bertz CT molecular complexity index is 877. The molecular formula is C56H106O2S2. The first-order chi connectivity index (χ1) is 29.3. The van der Waals surface area contributed by atoms with Crippen LogP contribution in [0.25, 0.3) is 0 Å². The van der Waals surface area contributed by atoms with Crippen molar-refractivity contribution in [3.05, 3.63) is 0 Å². The lowest BCUT2D eigenvalue weighted by atomic mass is 9.89. The molecule has 60 heavy (non-hydrogen) atoms. The first-order valence-electron chi connectivity index (χ1n) is 27.0. The molecule has 0 aliphatic rings. The van der Waals surface area contributed by atoms with Gasteiger partial charge in [0.15, 0.2) is 0 Å². The van der Waals surface area contributed by atoms with E-state index in [0.717, 1.165) is 64.2 Å². The van der Waals surface area contributed by atoms with E-state index in [-0.39, 0.29) is 5.25 Å².